The molecule has 0 heterocycles. The molecule has 0 spiro atoms. The van der Waals surface area contributed by atoms with Crippen molar-refractivity contribution in [2.45, 2.75) is 6.10 Å². The van der Waals surface area contributed by atoms with E-state index in [1.165, 1.54) is 0 Å². The lowest BCUT2D eigenvalue weighted by Crippen LogP contribution is -2.21. The zero-order chi connectivity index (χ0) is 9.14. The highest BCUT2D eigenvalue weighted by molar-refractivity contribution is 9.10. The van der Waals surface area contributed by atoms with E-state index in [0.29, 0.717) is 10.0 Å². The van der Waals surface area contributed by atoms with Crippen LogP contribution in [0.4, 0.5) is 0 Å². The summed E-state index contributed by atoms with van der Waals surface area (Å²) >= 11 is 3.20. The maximum Gasteiger partial charge on any atom is 0.250 e. The van der Waals surface area contributed by atoms with Gasteiger partial charge >= 0.3 is 0 Å². The van der Waals surface area contributed by atoms with Gasteiger partial charge in [0.05, 0.1) is 0 Å². The number of carbonyl (C=O) groups excluding carboxylic acids is 1. The molecule has 0 radical (unpaired) electrons. The molecular formula is C8H8BrNO2. The molecule has 0 aromatic heterocycles. The number of rotatable bonds is 2. The second-order valence-corrected chi connectivity index (χ2v) is 3.18. The van der Waals surface area contributed by atoms with Gasteiger partial charge in [-0.25, -0.2) is 0 Å². The van der Waals surface area contributed by atoms with Gasteiger partial charge in [-0.2, -0.15) is 0 Å². The topological polar surface area (TPSA) is 63.3 Å². The normalized spacial score (nSPS) is 12.5. The summed E-state index contributed by atoms with van der Waals surface area (Å²) in [6, 6.07) is 6.90. The molecule has 12 heavy (non-hydrogen) atoms. The number of amides is 1. The molecule has 1 aromatic rings. The first-order valence-electron chi connectivity index (χ1n) is 3.34. The van der Waals surface area contributed by atoms with E-state index >= 15 is 0 Å². The predicted octanol–water partition coefficient (Wildman–Crippen LogP) is 0.968. The third kappa shape index (κ3) is 1.84. The fraction of sp³-hybridized carbons (Fsp3) is 0.125. The minimum absolute atomic E-state index is 0.491. The summed E-state index contributed by atoms with van der Waals surface area (Å²) in [7, 11) is 0. The van der Waals surface area contributed by atoms with Crippen molar-refractivity contribution in [2.75, 3.05) is 0 Å². The fourth-order valence-electron chi connectivity index (χ4n) is 0.850. The molecule has 0 aliphatic carbocycles. The molecule has 1 atom stereocenters. The van der Waals surface area contributed by atoms with Gasteiger partial charge in [-0.15, -0.1) is 0 Å². The molecule has 64 valence electrons. The van der Waals surface area contributed by atoms with Gasteiger partial charge in [0.1, 0.15) is 0 Å². The van der Waals surface area contributed by atoms with Crippen LogP contribution in [-0.2, 0) is 4.79 Å². The van der Waals surface area contributed by atoms with Crippen molar-refractivity contribution < 1.29 is 9.90 Å². The summed E-state index contributed by atoms with van der Waals surface area (Å²) in [6.45, 7) is 0. The second kappa shape index (κ2) is 3.69. The number of hydrogen-bond acceptors (Lipinski definition) is 2. The van der Waals surface area contributed by atoms with Crippen molar-refractivity contribution in [3.05, 3.63) is 34.3 Å². The lowest BCUT2D eigenvalue weighted by molar-refractivity contribution is -0.126. The van der Waals surface area contributed by atoms with Crippen LogP contribution in [-0.4, -0.2) is 11.0 Å². The van der Waals surface area contributed by atoms with Crippen LogP contribution in [0.1, 0.15) is 11.7 Å². The van der Waals surface area contributed by atoms with Crippen molar-refractivity contribution >= 4 is 21.8 Å². The van der Waals surface area contributed by atoms with Crippen LogP contribution < -0.4 is 5.73 Å². The Kier molecular flexibility index (Phi) is 2.83. The Balaban J connectivity index is 3.02. The number of primary amides is 1. The maximum absolute atomic E-state index is 10.6. The zero-order valence-corrected chi connectivity index (χ0v) is 7.78. The van der Waals surface area contributed by atoms with E-state index in [9.17, 15) is 9.90 Å². The van der Waals surface area contributed by atoms with Crippen LogP contribution >= 0.6 is 15.9 Å². The zero-order valence-electron chi connectivity index (χ0n) is 6.20. The van der Waals surface area contributed by atoms with Crippen LogP contribution in [0.2, 0.25) is 0 Å². The van der Waals surface area contributed by atoms with Crippen LogP contribution in [0.3, 0.4) is 0 Å². The molecule has 1 rings (SSSR count). The number of halogens is 1. The van der Waals surface area contributed by atoms with E-state index in [-0.39, 0.29) is 0 Å². The van der Waals surface area contributed by atoms with E-state index in [1.54, 1.807) is 24.3 Å². The Labute approximate surface area is 78.3 Å². The number of aliphatic hydroxyl groups is 1. The summed E-state index contributed by atoms with van der Waals surface area (Å²) in [6.07, 6.45) is -1.24. The third-order valence-electron chi connectivity index (χ3n) is 1.47. The van der Waals surface area contributed by atoms with E-state index in [1.807, 2.05) is 0 Å². The van der Waals surface area contributed by atoms with E-state index in [4.69, 9.17) is 5.73 Å². The van der Waals surface area contributed by atoms with Crippen LogP contribution in [0.5, 0.6) is 0 Å². The van der Waals surface area contributed by atoms with Gasteiger partial charge in [-0.3, -0.25) is 4.79 Å². The molecule has 1 aromatic carbocycles. The smallest absolute Gasteiger partial charge is 0.250 e. The van der Waals surface area contributed by atoms with Crippen LogP contribution in [0.25, 0.3) is 0 Å². The molecular weight excluding hydrogens is 222 g/mol. The highest BCUT2D eigenvalue weighted by Crippen LogP contribution is 2.22. The monoisotopic (exact) mass is 229 g/mol. The van der Waals surface area contributed by atoms with Crippen molar-refractivity contribution in [1.29, 1.82) is 0 Å². The summed E-state index contributed by atoms with van der Waals surface area (Å²) < 4.78 is 0.677. The number of carbonyl (C=O) groups is 1. The van der Waals surface area contributed by atoms with Gasteiger partial charge < -0.3 is 10.8 Å². The van der Waals surface area contributed by atoms with Gasteiger partial charge in [0.25, 0.3) is 5.91 Å². The molecule has 0 fully saturated rings. The van der Waals surface area contributed by atoms with Gasteiger partial charge in [0.2, 0.25) is 0 Å². The average molecular weight is 230 g/mol. The van der Waals surface area contributed by atoms with Crippen molar-refractivity contribution in [1.82, 2.24) is 0 Å². The van der Waals surface area contributed by atoms with Gasteiger partial charge in [-0.05, 0) is 6.07 Å². The lowest BCUT2D eigenvalue weighted by Gasteiger charge is -2.07. The molecule has 1 amide bonds. The molecule has 0 aliphatic heterocycles. The minimum atomic E-state index is -1.24. The quantitative estimate of drug-likeness (QED) is 0.794. The molecule has 1 unspecified atom stereocenters. The van der Waals surface area contributed by atoms with Crippen LogP contribution in [0.15, 0.2) is 28.7 Å². The van der Waals surface area contributed by atoms with Crippen molar-refractivity contribution in [3.63, 3.8) is 0 Å². The molecule has 0 bridgehead atoms. The molecule has 0 saturated heterocycles. The highest BCUT2D eigenvalue weighted by Gasteiger charge is 2.15. The summed E-state index contributed by atoms with van der Waals surface area (Å²) in [5.41, 5.74) is 5.42. The SMILES string of the molecule is NC(=O)C(O)c1ccccc1Br. The van der Waals surface area contributed by atoms with Crippen molar-refractivity contribution in [3.8, 4) is 0 Å². The molecule has 3 N–H and O–H groups in total. The number of nitrogens with two attached hydrogens (primary N) is 1. The first-order chi connectivity index (χ1) is 5.63. The van der Waals surface area contributed by atoms with E-state index < -0.39 is 12.0 Å². The average Bonchev–Trinajstić information content (AvgIpc) is 2.04. The van der Waals surface area contributed by atoms with E-state index in [2.05, 4.69) is 15.9 Å². The maximum atomic E-state index is 10.6. The molecule has 0 saturated carbocycles. The molecule has 0 aliphatic rings. The van der Waals surface area contributed by atoms with Crippen molar-refractivity contribution in [2.24, 2.45) is 5.73 Å². The van der Waals surface area contributed by atoms with E-state index in [0.717, 1.165) is 0 Å². The fourth-order valence-corrected chi connectivity index (χ4v) is 1.35. The summed E-state index contributed by atoms with van der Waals surface area (Å²) in [4.78, 5) is 10.6. The Morgan fingerprint density at radius 1 is 1.50 bits per heavy atom. The summed E-state index contributed by atoms with van der Waals surface area (Å²) in [5, 5.41) is 9.27. The third-order valence-corrected chi connectivity index (χ3v) is 2.19. The van der Waals surface area contributed by atoms with Gasteiger partial charge in [0, 0.05) is 10.0 Å². The van der Waals surface area contributed by atoms with Gasteiger partial charge in [-0.1, -0.05) is 34.1 Å². The molecule has 3 nitrogen and oxygen atoms in total. The number of aliphatic hydroxyl groups excluding tert-OH is 1. The Morgan fingerprint density at radius 3 is 2.58 bits per heavy atom. The number of hydrogen-bond donors (Lipinski definition) is 2. The Bertz CT molecular complexity index is 301. The second-order valence-electron chi connectivity index (χ2n) is 2.33. The Morgan fingerprint density at radius 2 is 2.08 bits per heavy atom. The Hall–Kier alpha value is -0.870. The largest absolute Gasteiger partial charge is 0.378 e. The lowest BCUT2D eigenvalue weighted by atomic mass is 10.1. The minimum Gasteiger partial charge on any atom is -0.378 e. The first-order valence-corrected chi connectivity index (χ1v) is 4.14. The van der Waals surface area contributed by atoms with Gasteiger partial charge in [0.15, 0.2) is 6.10 Å². The number of benzene rings is 1. The first kappa shape index (κ1) is 9.22. The highest BCUT2D eigenvalue weighted by atomic mass is 79.9. The van der Waals surface area contributed by atoms with Crippen LogP contribution in [0, 0.1) is 0 Å². The summed E-state index contributed by atoms with van der Waals surface area (Å²) in [5.74, 6) is -0.748. The molecule has 4 heteroatoms. The predicted molar refractivity (Wildman–Crippen MR) is 48.3 cm³/mol. The standard InChI is InChI=1S/C8H8BrNO2/c9-6-4-2-1-3-5(6)7(11)8(10)12/h1-4,7,11H,(H2,10,12).